The van der Waals surface area contributed by atoms with Gasteiger partial charge in [0.2, 0.25) is 5.78 Å². The average Bonchev–Trinajstić information content (AvgIpc) is 2.99. The minimum atomic E-state index is -0.643. The molecule has 148 valence electrons. The quantitative estimate of drug-likeness (QED) is 0.426. The highest BCUT2D eigenvalue weighted by molar-refractivity contribution is 6.03. The van der Waals surface area contributed by atoms with Crippen LogP contribution >= 0.6 is 0 Å². The van der Waals surface area contributed by atoms with Gasteiger partial charge in [0.25, 0.3) is 0 Å². The molecule has 0 aliphatic rings. The number of aromatic amines is 1. The molecule has 0 fully saturated rings. The summed E-state index contributed by atoms with van der Waals surface area (Å²) >= 11 is 0. The van der Waals surface area contributed by atoms with Crippen molar-refractivity contribution in [3.05, 3.63) is 58.4 Å². The van der Waals surface area contributed by atoms with Gasteiger partial charge < -0.3 is 19.2 Å². The van der Waals surface area contributed by atoms with E-state index < -0.39 is 24.3 Å². The van der Waals surface area contributed by atoms with Crippen molar-refractivity contribution in [1.82, 2.24) is 4.98 Å². The van der Waals surface area contributed by atoms with Crippen molar-refractivity contribution in [2.24, 2.45) is 0 Å². The number of aromatic nitrogens is 1. The Hall–Kier alpha value is -3.35. The number of carbonyl (C=O) groups is 3. The lowest BCUT2D eigenvalue weighted by molar-refractivity contribution is -0.136. The molecule has 0 saturated carbocycles. The molecular formula is C21H23NO6. The summed E-state index contributed by atoms with van der Waals surface area (Å²) in [6, 6.07) is 7.11. The number of ether oxygens (including phenoxy) is 3. The van der Waals surface area contributed by atoms with Crippen LogP contribution in [0.2, 0.25) is 0 Å². The first kappa shape index (κ1) is 21.0. The fourth-order valence-electron chi connectivity index (χ4n) is 2.67. The number of aryl methyl sites for hydroxylation is 1. The van der Waals surface area contributed by atoms with Crippen molar-refractivity contribution in [2.45, 2.75) is 20.8 Å². The summed E-state index contributed by atoms with van der Waals surface area (Å²) in [6.45, 7) is 4.84. The molecule has 1 aromatic heterocycles. The van der Waals surface area contributed by atoms with Crippen LogP contribution in [0.25, 0.3) is 6.08 Å². The van der Waals surface area contributed by atoms with Gasteiger partial charge in [0.1, 0.15) is 5.75 Å². The van der Waals surface area contributed by atoms with Gasteiger partial charge in [0.05, 0.1) is 25.0 Å². The van der Waals surface area contributed by atoms with Gasteiger partial charge in [-0.2, -0.15) is 0 Å². The molecule has 7 heteroatoms. The molecule has 1 aromatic carbocycles. The van der Waals surface area contributed by atoms with E-state index in [1.807, 2.05) is 0 Å². The van der Waals surface area contributed by atoms with Gasteiger partial charge in [-0.3, -0.25) is 4.79 Å². The normalized spacial score (nSPS) is 10.7. The van der Waals surface area contributed by atoms with Crippen LogP contribution in [-0.2, 0) is 14.3 Å². The Morgan fingerprint density at radius 1 is 1.07 bits per heavy atom. The van der Waals surface area contributed by atoms with Crippen molar-refractivity contribution in [3.63, 3.8) is 0 Å². The largest absolute Gasteiger partial charge is 0.497 e. The molecule has 0 amide bonds. The first-order valence-corrected chi connectivity index (χ1v) is 8.75. The van der Waals surface area contributed by atoms with Crippen molar-refractivity contribution in [3.8, 4) is 5.75 Å². The van der Waals surface area contributed by atoms with Gasteiger partial charge >= 0.3 is 11.9 Å². The van der Waals surface area contributed by atoms with Crippen molar-refractivity contribution in [2.75, 3.05) is 20.3 Å². The van der Waals surface area contributed by atoms with Crippen molar-refractivity contribution >= 4 is 23.8 Å². The maximum Gasteiger partial charge on any atom is 0.340 e. The highest BCUT2D eigenvalue weighted by atomic mass is 16.5. The molecule has 0 aliphatic heterocycles. The predicted molar refractivity (Wildman–Crippen MR) is 104 cm³/mol. The third-order valence-electron chi connectivity index (χ3n) is 4.07. The lowest BCUT2D eigenvalue weighted by Gasteiger charge is -2.03. The summed E-state index contributed by atoms with van der Waals surface area (Å²) in [5, 5.41) is 0. The number of rotatable bonds is 8. The predicted octanol–water partition coefficient (Wildman–Crippen LogP) is 3.26. The number of Topliss-reactive ketones (excluding diaryl/α,β-unsaturated/α-hetero) is 1. The van der Waals surface area contributed by atoms with Gasteiger partial charge in [0, 0.05) is 11.8 Å². The summed E-state index contributed by atoms with van der Waals surface area (Å²) in [7, 11) is 1.57. The molecule has 0 radical (unpaired) electrons. The average molecular weight is 385 g/mol. The maximum absolute atomic E-state index is 12.4. The van der Waals surface area contributed by atoms with Gasteiger partial charge in [-0.15, -0.1) is 0 Å². The Balaban J connectivity index is 1.97. The zero-order valence-electron chi connectivity index (χ0n) is 16.3. The summed E-state index contributed by atoms with van der Waals surface area (Å²) in [5.41, 5.74) is 2.36. The molecule has 0 atom stereocenters. The summed E-state index contributed by atoms with van der Waals surface area (Å²) < 4.78 is 15.1. The van der Waals surface area contributed by atoms with Gasteiger partial charge in [0.15, 0.2) is 6.61 Å². The Morgan fingerprint density at radius 3 is 2.36 bits per heavy atom. The summed E-state index contributed by atoms with van der Waals surface area (Å²) in [4.78, 5) is 39.1. The SMILES string of the molecule is CCOC(=O)c1c(C)[nH]c(C(=O)COC(=O)C=Cc2ccc(OC)cc2)c1C. The minimum absolute atomic E-state index is 0.229. The minimum Gasteiger partial charge on any atom is -0.497 e. The van der Waals surface area contributed by atoms with Crippen LogP contribution in [0, 0.1) is 13.8 Å². The number of hydrogen-bond donors (Lipinski definition) is 1. The van der Waals surface area contributed by atoms with Crippen LogP contribution in [0.5, 0.6) is 5.75 Å². The van der Waals surface area contributed by atoms with E-state index in [1.165, 1.54) is 6.08 Å². The monoisotopic (exact) mass is 385 g/mol. The van der Waals surface area contributed by atoms with Crippen LogP contribution < -0.4 is 4.74 Å². The lowest BCUT2D eigenvalue weighted by Crippen LogP contribution is -2.14. The topological polar surface area (TPSA) is 94.7 Å². The highest BCUT2D eigenvalue weighted by Crippen LogP contribution is 2.19. The third-order valence-corrected chi connectivity index (χ3v) is 4.07. The molecule has 2 rings (SSSR count). The number of hydrogen-bond acceptors (Lipinski definition) is 6. The van der Waals surface area contributed by atoms with E-state index in [4.69, 9.17) is 14.2 Å². The van der Waals surface area contributed by atoms with E-state index in [2.05, 4.69) is 4.98 Å². The van der Waals surface area contributed by atoms with E-state index in [9.17, 15) is 14.4 Å². The Kier molecular flexibility index (Phi) is 7.14. The third kappa shape index (κ3) is 5.09. The standard InChI is InChI=1S/C21H23NO6/c1-5-27-21(25)19-13(2)20(22-14(19)3)17(23)12-28-18(24)11-8-15-6-9-16(26-4)10-7-15/h6-11,22H,5,12H2,1-4H3. The highest BCUT2D eigenvalue weighted by Gasteiger charge is 2.23. The lowest BCUT2D eigenvalue weighted by atomic mass is 10.1. The molecule has 1 N–H and O–H groups in total. The van der Waals surface area contributed by atoms with Gasteiger partial charge in [-0.05, 0) is 50.1 Å². The van der Waals surface area contributed by atoms with Crippen LogP contribution in [0.3, 0.4) is 0 Å². The van der Waals surface area contributed by atoms with Crippen molar-refractivity contribution < 1.29 is 28.6 Å². The molecule has 1 heterocycles. The number of methoxy groups -OCH3 is 1. The number of nitrogens with one attached hydrogen (secondary N) is 1. The van der Waals surface area contributed by atoms with Gasteiger partial charge in [-0.25, -0.2) is 9.59 Å². The maximum atomic E-state index is 12.4. The van der Waals surface area contributed by atoms with E-state index in [0.29, 0.717) is 22.6 Å². The van der Waals surface area contributed by atoms with Crippen LogP contribution in [-0.4, -0.2) is 43.0 Å². The zero-order chi connectivity index (χ0) is 20.7. The van der Waals surface area contributed by atoms with E-state index in [0.717, 1.165) is 5.56 Å². The molecule has 28 heavy (non-hydrogen) atoms. The summed E-state index contributed by atoms with van der Waals surface area (Å²) in [5.74, 6) is -0.852. The molecule has 0 saturated heterocycles. The molecule has 0 aliphatic carbocycles. The second-order valence-electron chi connectivity index (χ2n) is 5.98. The fraction of sp³-hybridized carbons (Fsp3) is 0.286. The van der Waals surface area contributed by atoms with E-state index >= 15 is 0 Å². The molecule has 0 bridgehead atoms. The number of esters is 2. The van der Waals surface area contributed by atoms with Gasteiger partial charge in [-0.1, -0.05) is 12.1 Å². The van der Waals surface area contributed by atoms with E-state index in [1.54, 1.807) is 58.2 Å². The smallest absolute Gasteiger partial charge is 0.340 e. The Morgan fingerprint density at radius 2 is 1.75 bits per heavy atom. The number of benzene rings is 1. The van der Waals surface area contributed by atoms with E-state index in [-0.39, 0.29) is 12.3 Å². The molecule has 7 nitrogen and oxygen atoms in total. The second kappa shape index (κ2) is 9.55. The Bertz CT molecular complexity index is 892. The fourth-order valence-corrected chi connectivity index (χ4v) is 2.67. The number of ketones is 1. The molecule has 0 unspecified atom stereocenters. The number of H-pyrrole nitrogens is 1. The van der Waals surface area contributed by atoms with Crippen LogP contribution in [0.1, 0.15) is 44.6 Å². The molecular weight excluding hydrogens is 362 g/mol. The first-order chi connectivity index (χ1) is 13.4. The summed E-state index contributed by atoms with van der Waals surface area (Å²) in [6.07, 6.45) is 2.82. The molecule has 0 spiro atoms. The second-order valence-corrected chi connectivity index (χ2v) is 5.98. The van der Waals surface area contributed by atoms with Crippen LogP contribution in [0.15, 0.2) is 30.3 Å². The number of carbonyl (C=O) groups excluding carboxylic acids is 3. The zero-order valence-corrected chi connectivity index (χ0v) is 16.3. The van der Waals surface area contributed by atoms with Crippen LogP contribution in [0.4, 0.5) is 0 Å². The van der Waals surface area contributed by atoms with Crippen molar-refractivity contribution in [1.29, 1.82) is 0 Å². The Labute approximate surface area is 163 Å². The molecule has 2 aromatic rings. The first-order valence-electron chi connectivity index (χ1n) is 8.75.